The molecule has 0 aliphatic heterocycles. The maximum absolute atomic E-state index is 10.4. The normalized spacial score (nSPS) is 16.9. The number of nitrogens with zero attached hydrogens (tertiary/aromatic N) is 1. The van der Waals surface area contributed by atoms with Gasteiger partial charge >= 0.3 is 0 Å². The number of hydrogen-bond acceptors (Lipinski definition) is 2. The largest absolute Gasteiger partial charge is 0.235 e. The molecule has 0 heterocycles. The molecule has 1 unspecified atom stereocenters. The number of halogens is 1. The van der Waals surface area contributed by atoms with Gasteiger partial charge in [0.15, 0.2) is 0 Å². The maximum atomic E-state index is 10.4. The third kappa shape index (κ3) is 1.59. The number of rotatable bonds is 1. The van der Waals surface area contributed by atoms with Gasteiger partial charge in [-0.25, -0.2) is 4.79 Å². The Hall–Kier alpha value is -1.89. The summed E-state index contributed by atoms with van der Waals surface area (Å²) in [6, 6.07) is 9.55. The molecule has 0 amide bonds. The number of benzene rings is 2. The summed E-state index contributed by atoms with van der Waals surface area (Å²) in [5, 5.41) is 2.90. The van der Waals surface area contributed by atoms with Crippen LogP contribution in [0.25, 0.3) is 16.8 Å². The minimum atomic E-state index is -0.232. The highest BCUT2D eigenvalue weighted by Crippen LogP contribution is 2.36. The Labute approximate surface area is 103 Å². The summed E-state index contributed by atoms with van der Waals surface area (Å²) < 4.78 is 0. The minimum Gasteiger partial charge on any atom is -0.211 e. The van der Waals surface area contributed by atoms with Gasteiger partial charge in [-0.05, 0) is 34.0 Å². The van der Waals surface area contributed by atoms with Crippen molar-refractivity contribution in [1.82, 2.24) is 0 Å². The van der Waals surface area contributed by atoms with Gasteiger partial charge in [0.05, 0.1) is 0 Å². The molecule has 2 aromatic rings. The lowest BCUT2D eigenvalue weighted by atomic mass is 9.90. The summed E-state index contributed by atoms with van der Waals surface area (Å²) in [5.74, 6) is 0. The van der Waals surface area contributed by atoms with E-state index in [1.165, 1.54) is 0 Å². The molecule has 0 bridgehead atoms. The molecule has 0 radical (unpaired) electrons. The summed E-state index contributed by atoms with van der Waals surface area (Å²) in [5.41, 5.74) is 2.10. The molecule has 1 aliphatic rings. The van der Waals surface area contributed by atoms with Crippen molar-refractivity contribution in [2.45, 2.75) is 6.04 Å². The van der Waals surface area contributed by atoms with Crippen LogP contribution in [0.4, 0.5) is 0 Å². The van der Waals surface area contributed by atoms with Crippen molar-refractivity contribution in [1.29, 1.82) is 0 Å². The van der Waals surface area contributed by atoms with Crippen LogP contribution in [0.2, 0.25) is 5.02 Å². The second-order valence-corrected chi connectivity index (χ2v) is 4.40. The third-order valence-electron chi connectivity index (χ3n) is 2.97. The van der Waals surface area contributed by atoms with Crippen molar-refractivity contribution < 1.29 is 4.79 Å². The maximum Gasteiger partial charge on any atom is 0.235 e. The molecular weight excluding hydrogens is 234 g/mol. The van der Waals surface area contributed by atoms with E-state index < -0.39 is 0 Å². The summed E-state index contributed by atoms with van der Waals surface area (Å²) in [6.07, 6.45) is 5.46. The number of carbonyl (C=O) groups excluding carboxylic acids is 1. The first-order chi connectivity index (χ1) is 8.29. The zero-order chi connectivity index (χ0) is 11.8. The fraction of sp³-hybridized carbons (Fsp3) is 0.0714. The lowest BCUT2D eigenvalue weighted by Crippen LogP contribution is -1.98. The smallest absolute Gasteiger partial charge is 0.211 e. The highest BCUT2D eigenvalue weighted by atomic mass is 35.5. The van der Waals surface area contributed by atoms with Crippen LogP contribution in [-0.2, 0) is 4.79 Å². The highest BCUT2D eigenvalue weighted by Gasteiger charge is 2.17. The van der Waals surface area contributed by atoms with Gasteiger partial charge in [-0.15, -0.1) is 0 Å². The zero-order valence-electron chi connectivity index (χ0n) is 8.85. The van der Waals surface area contributed by atoms with Crippen molar-refractivity contribution in [3.63, 3.8) is 0 Å². The third-order valence-corrected chi connectivity index (χ3v) is 3.19. The predicted molar refractivity (Wildman–Crippen MR) is 68.9 cm³/mol. The average Bonchev–Trinajstić information content (AvgIpc) is 2.32. The molecule has 0 spiro atoms. The van der Waals surface area contributed by atoms with E-state index in [1.54, 1.807) is 6.08 Å². The molecule has 3 heteroatoms. The van der Waals surface area contributed by atoms with E-state index in [0.717, 1.165) is 21.9 Å². The first kappa shape index (κ1) is 10.3. The van der Waals surface area contributed by atoms with Crippen LogP contribution in [0.1, 0.15) is 17.2 Å². The highest BCUT2D eigenvalue weighted by molar-refractivity contribution is 6.31. The minimum absolute atomic E-state index is 0.232. The molecule has 0 N–H and O–H groups in total. The Bertz CT molecular complexity index is 684. The number of aliphatic imine (C=N–C) groups is 1. The first-order valence-corrected chi connectivity index (χ1v) is 5.65. The average molecular weight is 242 g/mol. The fourth-order valence-corrected chi connectivity index (χ4v) is 2.53. The quantitative estimate of drug-likeness (QED) is 0.550. The second kappa shape index (κ2) is 3.85. The molecular formula is C14H8ClNO. The van der Waals surface area contributed by atoms with Crippen LogP contribution in [-0.4, -0.2) is 6.08 Å². The Morgan fingerprint density at radius 3 is 3.00 bits per heavy atom. The summed E-state index contributed by atoms with van der Waals surface area (Å²) >= 11 is 6.06. The van der Waals surface area contributed by atoms with E-state index >= 15 is 0 Å². The van der Waals surface area contributed by atoms with Crippen molar-refractivity contribution in [2.75, 3.05) is 0 Å². The second-order valence-electron chi connectivity index (χ2n) is 3.96. The molecule has 0 saturated carbocycles. The van der Waals surface area contributed by atoms with E-state index in [0.29, 0.717) is 5.02 Å². The molecule has 1 aliphatic carbocycles. The first-order valence-electron chi connectivity index (χ1n) is 5.27. The summed E-state index contributed by atoms with van der Waals surface area (Å²) in [7, 11) is 0. The van der Waals surface area contributed by atoms with Crippen LogP contribution < -0.4 is 0 Å². The van der Waals surface area contributed by atoms with Crippen molar-refractivity contribution in [3.8, 4) is 0 Å². The van der Waals surface area contributed by atoms with Gasteiger partial charge in [0.2, 0.25) is 6.08 Å². The number of isocyanates is 1. The summed E-state index contributed by atoms with van der Waals surface area (Å²) in [4.78, 5) is 14.2. The van der Waals surface area contributed by atoms with Crippen molar-refractivity contribution in [3.05, 3.63) is 52.6 Å². The van der Waals surface area contributed by atoms with Gasteiger partial charge in [-0.2, -0.15) is 4.99 Å². The van der Waals surface area contributed by atoms with E-state index in [2.05, 4.69) is 4.99 Å². The Balaban J connectivity index is 2.40. The van der Waals surface area contributed by atoms with Gasteiger partial charge in [0.25, 0.3) is 0 Å². The Kier molecular flexibility index (Phi) is 2.32. The lowest BCUT2D eigenvalue weighted by Gasteiger charge is -2.17. The molecule has 0 aromatic heterocycles. The van der Waals surface area contributed by atoms with Crippen molar-refractivity contribution >= 4 is 34.5 Å². The standard InChI is InChI=1S/C14H8ClNO/c15-11-6-9-2-1-3-12-13(16-8-17)5-4-10(7-11)14(9)12/h1-7,13H. The van der Waals surface area contributed by atoms with Crippen LogP contribution in [0.3, 0.4) is 0 Å². The Morgan fingerprint density at radius 1 is 1.29 bits per heavy atom. The SMILES string of the molecule is O=C=NC1C=Cc2cc(Cl)cc3cccc1c23. The van der Waals surface area contributed by atoms with Crippen molar-refractivity contribution in [2.24, 2.45) is 4.99 Å². The van der Waals surface area contributed by atoms with Crippen LogP contribution in [0.5, 0.6) is 0 Å². The van der Waals surface area contributed by atoms with E-state index in [1.807, 2.05) is 42.5 Å². The fourth-order valence-electron chi connectivity index (χ4n) is 2.30. The van der Waals surface area contributed by atoms with Crippen LogP contribution in [0.15, 0.2) is 41.4 Å². The molecule has 2 aromatic carbocycles. The topological polar surface area (TPSA) is 29.4 Å². The van der Waals surface area contributed by atoms with Crippen LogP contribution in [0, 0.1) is 0 Å². The van der Waals surface area contributed by atoms with Gasteiger partial charge in [-0.1, -0.05) is 42.0 Å². The zero-order valence-corrected chi connectivity index (χ0v) is 9.61. The van der Waals surface area contributed by atoms with Gasteiger partial charge in [-0.3, -0.25) is 0 Å². The Morgan fingerprint density at radius 2 is 2.18 bits per heavy atom. The molecule has 2 nitrogen and oxygen atoms in total. The molecule has 1 atom stereocenters. The molecule has 0 saturated heterocycles. The number of hydrogen-bond donors (Lipinski definition) is 0. The molecule has 82 valence electrons. The predicted octanol–water partition coefficient (Wildman–Crippen LogP) is 3.90. The summed E-state index contributed by atoms with van der Waals surface area (Å²) in [6.45, 7) is 0. The van der Waals surface area contributed by atoms with Gasteiger partial charge in [0, 0.05) is 5.02 Å². The molecule has 3 rings (SSSR count). The lowest BCUT2D eigenvalue weighted by molar-refractivity contribution is 0.561. The molecule has 0 fully saturated rings. The van der Waals surface area contributed by atoms with Gasteiger partial charge in [0.1, 0.15) is 6.04 Å². The van der Waals surface area contributed by atoms with E-state index in [4.69, 9.17) is 11.6 Å². The van der Waals surface area contributed by atoms with Gasteiger partial charge < -0.3 is 0 Å². The van der Waals surface area contributed by atoms with E-state index in [-0.39, 0.29) is 6.04 Å². The van der Waals surface area contributed by atoms with Crippen LogP contribution >= 0.6 is 11.6 Å². The van der Waals surface area contributed by atoms with E-state index in [9.17, 15) is 4.79 Å². The monoisotopic (exact) mass is 241 g/mol. The molecule has 17 heavy (non-hydrogen) atoms.